The zero-order valence-corrected chi connectivity index (χ0v) is 14.4. The second kappa shape index (κ2) is 6.64. The number of amides is 1. The Labute approximate surface area is 136 Å². The largest absolute Gasteiger partial charge is 0.354 e. The Morgan fingerprint density at radius 1 is 1.36 bits per heavy atom. The van der Waals surface area contributed by atoms with Crippen LogP contribution in [0.4, 0.5) is 0 Å². The summed E-state index contributed by atoms with van der Waals surface area (Å²) >= 11 is 1.72. The van der Waals surface area contributed by atoms with Crippen molar-refractivity contribution in [2.45, 2.75) is 38.1 Å². The van der Waals surface area contributed by atoms with E-state index in [9.17, 15) is 4.79 Å². The number of aromatic nitrogens is 1. The molecule has 2 saturated heterocycles. The van der Waals surface area contributed by atoms with Crippen molar-refractivity contribution in [2.24, 2.45) is 0 Å². The van der Waals surface area contributed by atoms with E-state index in [1.54, 1.807) is 11.3 Å². The average molecular weight is 322 g/mol. The van der Waals surface area contributed by atoms with Crippen LogP contribution in [0.3, 0.4) is 0 Å². The molecule has 0 unspecified atom stereocenters. The Hall–Kier alpha value is -0.980. The fourth-order valence-corrected chi connectivity index (χ4v) is 4.27. The number of nitrogens with one attached hydrogen (secondary N) is 1. The summed E-state index contributed by atoms with van der Waals surface area (Å²) in [6.07, 6.45) is 3.94. The summed E-state index contributed by atoms with van der Waals surface area (Å²) in [5, 5.41) is 6.41. The monoisotopic (exact) mass is 322 g/mol. The number of hydrogen-bond acceptors (Lipinski definition) is 5. The molecule has 3 heterocycles. The maximum absolute atomic E-state index is 12.5. The van der Waals surface area contributed by atoms with Crippen LogP contribution >= 0.6 is 11.3 Å². The normalized spacial score (nSPS) is 23.5. The summed E-state index contributed by atoms with van der Waals surface area (Å²) in [5.74, 6) is 0.238. The molecule has 0 aromatic carbocycles. The lowest BCUT2D eigenvalue weighted by Crippen LogP contribution is -2.60. The first kappa shape index (κ1) is 15.9. The molecule has 0 aliphatic carbocycles. The molecule has 0 radical (unpaired) electrons. The van der Waals surface area contributed by atoms with Gasteiger partial charge in [-0.15, -0.1) is 11.3 Å². The predicted molar refractivity (Wildman–Crippen MR) is 89.2 cm³/mol. The molecule has 2 fully saturated rings. The van der Waals surface area contributed by atoms with E-state index in [0.29, 0.717) is 0 Å². The molecule has 1 amide bonds. The summed E-state index contributed by atoms with van der Waals surface area (Å²) in [6.45, 7) is 6.93. The van der Waals surface area contributed by atoms with Gasteiger partial charge in [-0.3, -0.25) is 9.69 Å². The molecule has 2 aliphatic heterocycles. The predicted octanol–water partition coefficient (Wildman–Crippen LogP) is 1.28. The van der Waals surface area contributed by atoms with Gasteiger partial charge in [-0.1, -0.05) is 0 Å². The number of carbonyl (C=O) groups is 1. The van der Waals surface area contributed by atoms with E-state index in [2.05, 4.69) is 39.5 Å². The van der Waals surface area contributed by atoms with Crippen LogP contribution in [0.2, 0.25) is 0 Å². The lowest BCUT2D eigenvalue weighted by atomic mass is 9.85. The summed E-state index contributed by atoms with van der Waals surface area (Å²) in [7, 11) is 2.11. The first-order valence-corrected chi connectivity index (χ1v) is 9.11. The average Bonchev–Trinajstić information content (AvgIpc) is 2.89. The topological polar surface area (TPSA) is 48.5 Å². The van der Waals surface area contributed by atoms with Crippen LogP contribution in [0.15, 0.2) is 5.38 Å². The third kappa shape index (κ3) is 3.19. The number of rotatable bonds is 3. The minimum absolute atomic E-state index is 0.238. The lowest BCUT2D eigenvalue weighted by Gasteiger charge is -2.45. The zero-order valence-electron chi connectivity index (χ0n) is 13.6. The summed E-state index contributed by atoms with van der Waals surface area (Å²) < 4.78 is 0. The van der Waals surface area contributed by atoms with Crippen molar-refractivity contribution in [3.05, 3.63) is 16.1 Å². The van der Waals surface area contributed by atoms with Crippen LogP contribution in [0.5, 0.6) is 0 Å². The first-order chi connectivity index (χ1) is 10.6. The number of carbonyl (C=O) groups excluding carboxylic acids is 1. The van der Waals surface area contributed by atoms with Gasteiger partial charge in [-0.05, 0) is 33.2 Å². The van der Waals surface area contributed by atoms with E-state index in [0.717, 1.165) is 63.4 Å². The molecule has 122 valence electrons. The van der Waals surface area contributed by atoms with Gasteiger partial charge in [0.1, 0.15) is 5.54 Å². The number of likely N-dealkylation sites (N-methyl/N-ethyl adjacent to an activating group) is 1. The number of thiazole rings is 1. The quantitative estimate of drug-likeness (QED) is 0.911. The van der Waals surface area contributed by atoms with Crippen molar-refractivity contribution in [1.29, 1.82) is 0 Å². The summed E-state index contributed by atoms with van der Waals surface area (Å²) in [4.78, 5) is 21.8. The Kier molecular flexibility index (Phi) is 4.80. The molecule has 3 rings (SSSR count). The first-order valence-electron chi connectivity index (χ1n) is 8.23. The van der Waals surface area contributed by atoms with E-state index >= 15 is 0 Å². The summed E-state index contributed by atoms with van der Waals surface area (Å²) in [5.41, 5.74) is 0.927. The maximum Gasteiger partial charge on any atom is 0.240 e. The lowest BCUT2D eigenvalue weighted by molar-refractivity contribution is -0.134. The minimum Gasteiger partial charge on any atom is -0.354 e. The molecule has 1 aromatic heterocycles. The van der Waals surface area contributed by atoms with Crippen LogP contribution in [0.1, 0.15) is 30.0 Å². The Bertz CT molecular complexity index is 522. The van der Waals surface area contributed by atoms with E-state index in [1.165, 1.54) is 5.69 Å². The van der Waals surface area contributed by atoms with Crippen LogP contribution in [-0.2, 0) is 11.2 Å². The van der Waals surface area contributed by atoms with Gasteiger partial charge in [-0.2, -0.15) is 0 Å². The minimum atomic E-state index is -0.274. The van der Waals surface area contributed by atoms with Crippen molar-refractivity contribution in [1.82, 2.24) is 20.1 Å². The fraction of sp³-hybridized carbons (Fsp3) is 0.750. The van der Waals surface area contributed by atoms with Gasteiger partial charge < -0.3 is 10.2 Å². The SMILES string of the molecule is Cc1nc(CCN2CCC3(CC2)C(=O)NCCCN3C)cs1. The van der Waals surface area contributed by atoms with E-state index in [1.807, 2.05) is 0 Å². The molecule has 0 atom stereocenters. The maximum atomic E-state index is 12.5. The van der Waals surface area contributed by atoms with Gasteiger partial charge in [0, 0.05) is 44.5 Å². The molecule has 2 aliphatic rings. The van der Waals surface area contributed by atoms with Gasteiger partial charge in [0.05, 0.1) is 10.7 Å². The van der Waals surface area contributed by atoms with Gasteiger partial charge in [-0.25, -0.2) is 4.98 Å². The molecule has 5 nitrogen and oxygen atoms in total. The van der Waals surface area contributed by atoms with Crippen molar-refractivity contribution in [3.8, 4) is 0 Å². The van der Waals surface area contributed by atoms with E-state index < -0.39 is 0 Å². The number of nitrogens with zero attached hydrogens (tertiary/aromatic N) is 3. The van der Waals surface area contributed by atoms with Crippen molar-refractivity contribution < 1.29 is 4.79 Å². The molecule has 1 spiro atoms. The van der Waals surface area contributed by atoms with Crippen molar-refractivity contribution >= 4 is 17.2 Å². The van der Waals surface area contributed by atoms with E-state index in [4.69, 9.17) is 0 Å². The second-order valence-electron chi connectivity index (χ2n) is 6.51. The number of likely N-dealkylation sites (tertiary alicyclic amines) is 1. The van der Waals surface area contributed by atoms with Crippen LogP contribution in [0, 0.1) is 6.92 Å². The highest BCUT2D eigenvalue weighted by Gasteiger charge is 2.45. The molecule has 0 saturated carbocycles. The zero-order chi connectivity index (χ0) is 15.6. The molecule has 1 aromatic rings. The third-order valence-electron chi connectivity index (χ3n) is 5.14. The van der Waals surface area contributed by atoms with Gasteiger partial charge >= 0.3 is 0 Å². The van der Waals surface area contributed by atoms with Gasteiger partial charge in [0.25, 0.3) is 0 Å². The second-order valence-corrected chi connectivity index (χ2v) is 7.57. The van der Waals surface area contributed by atoms with E-state index in [-0.39, 0.29) is 11.4 Å². The standard InChI is InChI=1S/C16H26N4OS/c1-13-18-14(12-22-13)4-9-20-10-5-16(6-11-20)15(21)17-7-3-8-19(16)2/h12H,3-11H2,1-2H3,(H,17,21). The highest BCUT2D eigenvalue weighted by atomic mass is 32.1. The Morgan fingerprint density at radius 2 is 2.14 bits per heavy atom. The highest BCUT2D eigenvalue weighted by molar-refractivity contribution is 7.09. The number of piperidine rings is 1. The smallest absolute Gasteiger partial charge is 0.240 e. The van der Waals surface area contributed by atoms with Gasteiger partial charge in [0.15, 0.2) is 0 Å². The number of aryl methyl sites for hydroxylation is 1. The highest BCUT2D eigenvalue weighted by Crippen LogP contribution is 2.30. The molecule has 0 bridgehead atoms. The van der Waals surface area contributed by atoms with Gasteiger partial charge in [0.2, 0.25) is 5.91 Å². The van der Waals surface area contributed by atoms with Crippen LogP contribution in [0.25, 0.3) is 0 Å². The fourth-order valence-electron chi connectivity index (χ4n) is 3.62. The molecular formula is C16H26N4OS. The summed E-state index contributed by atoms with van der Waals surface area (Å²) in [6, 6.07) is 0. The van der Waals surface area contributed by atoms with Crippen molar-refractivity contribution in [2.75, 3.05) is 39.8 Å². The Morgan fingerprint density at radius 3 is 2.82 bits per heavy atom. The molecule has 1 N–H and O–H groups in total. The Balaban J connectivity index is 1.55. The molecule has 6 heteroatoms. The molecular weight excluding hydrogens is 296 g/mol. The van der Waals surface area contributed by atoms with Crippen molar-refractivity contribution in [3.63, 3.8) is 0 Å². The molecule has 22 heavy (non-hydrogen) atoms. The third-order valence-corrected chi connectivity index (χ3v) is 5.97. The number of hydrogen-bond donors (Lipinski definition) is 1. The van der Waals surface area contributed by atoms with Crippen LogP contribution in [-0.4, -0.2) is 66.0 Å². The van der Waals surface area contributed by atoms with Crippen LogP contribution < -0.4 is 5.32 Å².